The molecule has 0 aromatic heterocycles. The highest BCUT2D eigenvalue weighted by molar-refractivity contribution is 7.47. The highest BCUT2D eigenvalue weighted by Gasteiger charge is 2.20. The molecule has 0 saturated heterocycles. The number of hydrogen-bond acceptors (Lipinski definition) is 3. The Kier molecular flexibility index (Phi) is 6.49. The summed E-state index contributed by atoms with van der Waals surface area (Å²) in [7, 11) is 0.819. The lowest BCUT2D eigenvalue weighted by Crippen LogP contribution is -1.99. The summed E-state index contributed by atoms with van der Waals surface area (Å²) in [5.41, 5.74) is 1.50. The second-order valence-corrected chi connectivity index (χ2v) is 5.43. The fourth-order valence-corrected chi connectivity index (χ4v) is 2.97. The maximum Gasteiger partial charge on any atom is 0.178 e. The van der Waals surface area contributed by atoms with Gasteiger partial charge in [-0.15, -0.1) is 0 Å². The fourth-order valence-electron chi connectivity index (χ4n) is 1.52. The molecule has 0 aliphatic heterocycles. The zero-order valence-corrected chi connectivity index (χ0v) is 11.9. The SMILES string of the molecule is CCOP(OCC)C(C)c1ccc(OC)cc1. The van der Waals surface area contributed by atoms with Crippen molar-refractivity contribution in [1.29, 1.82) is 0 Å². The molecular weight excluding hydrogens is 235 g/mol. The largest absolute Gasteiger partial charge is 0.497 e. The first-order valence-corrected chi connectivity index (χ1v) is 7.16. The summed E-state index contributed by atoms with van der Waals surface area (Å²) in [4.78, 5) is 0. The van der Waals surface area contributed by atoms with Crippen LogP contribution in [0.1, 0.15) is 32.0 Å². The molecule has 0 radical (unpaired) electrons. The van der Waals surface area contributed by atoms with Crippen LogP contribution in [0, 0.1) is 0 Å². The van der Waals surface area contributed by atoms with Crippen molar-refractivity contribution >= 4 is 8.38 Å². The summed E-state index contributed by atoms with van der Waals surface area (Å²) in [6, 6.07) is 8.07. The van der Waals surface area contributed by atoms with Crippen LogP contribution in [0.2, 0.25) is 0 Å². The molecule has 1 rings (SSSR count). The van der Waals surface area contributed by atoms with Crippen molar-refractivity contribution < 1.29 is 13.8 Å². The third-order valence-electron chi connectivity index (χ3n) is 2.43. The highest BCUT2D eigenvalue weighted by atomic mass is 31.2. The summed E-state index contributed by atoms with van der Waals surface area (Å²) in [5.74, 6) is 0.873. The third kappa shape index (κ3) is 4.27. The monoisotopic (exact) mass is 256 g/mol. The van der Waals surface area contributed by atoms with Gasteiger partial charge in [-0.1, -0.05) is 12.1 Å². The first kappa shape index (κ1) is 14.4. The van der Waals surface area contributed by atoms with E-state index in [4.69, 9.17) is 13.8 Å². The zero-order valence-electron chi connectivity index (χ0n) is 11.0. The third-order valence-corrected chi connectivity index (χ3v) is 4.38. The maximum absolute atomic E-state index is 5.67. The van der Waals surface area contributed by atoms with Gasteiger partial charge in [0.15, 0.2) is 8.38 Å². The van der Waals surface area contributed by atoms with Crippen molar-refractivity contribution in [2.24, 2.45) is 0 Å². The highest BCUT2D eigenvalue weighted by Crippen LogP contribution is 2.52. The Bertz CT molecular complexity index is 307. The molecular formula is C13H21O3P. The van der Waals surface area contributed by atoms with E-state index in [1.807, 2.05) is 26.0 Å². The lowest BCUT2D eigenvalue weighted by molar-refractivity contribution is 0.263. The minimum Gasteiger partial charge on any atom is -0.497 e. The van der Waals surface area contributed by atoms with Crippen LogP contribution in [0.5, 0.6) is 5.75 Å². The number of rotatable bonds is 7. The second kappa shape index (κ2) is 7.65. The van der Waals surface area contributed by atoms with E-state index in [1.54, 1.807) is 7.11 Å². The van der Waals surface area contributed by atoms with Gasteiger partial charge in [0, 0.05) is 0 Å². The molecule has 0 aliphatic carbocycles. The molecule has 1 atom stereocenters. The van der Waals surface area contributed by atoms with Gasteiger partial charge in [0.2, 0.25) is 0 Å². The molecule has 96 valence electrons. The summed E-state index contributed by atoms with van der Waals surface area (Å²) in [6.07, 6.45) is 0. The van der Waals surface area contributed by atoms with E-state index in [1.165, 1.54) is 5.56 Å². The van der Waals surface area contributed by atoms with E-state index < -0.39 is 8.38 Å². The van der Waals surface area contributed by atoms with Gasteiger partial charge in [0.1, 0.15) is 5.75 Å². The van der Waals surface area contributed by atoms with Crippen molar-refractivity contribution in [2.75, 3.05) is 20.3 Å². The van der Waals surface area contributed by atoms with Crippen molar-refractivity contribution in [3.05, 3.63) is 29.8 Å². The van der Waals surface area contributed by atoms with Crippen molar-refractivity contribution in [2.45, 2.75) is 26.4 Å². The van der Waals surface area contributed by atoms with Gasteiger partial charge in [0.25, 0.3) is 0 Å². The first-order valence-electron chi connectivity index (χ1n) is 5.91. The Labute approximate surface area is 105 Å². The lowest BCUT2D eigenvalue weighted by atomic mass is 10.2. The molecule has 1 unspecified atom stereocenters. The first-order chi connectivity index (χ1) is 8.22. The van der Waals surface area contributed by atoms with Crippen LogP contribution in [-0.4, -0.2) is 20.3 Å². The lowest BCUT2D eigenvalue weighted by Gasteiger charge is -2.22. The minimum atomic E-state index is -0.853. The van der Waals surface area contributed by atoms with Crippen LogP contribution in [0.4, 0.5) is 0 Å². The van der Waals surface area contributed by atoms with Crippen molar-refractivity contribution in [3.8, 4) is 5.75 Å². The molecule has 0 saturated carbocycles. The van der Waals surface area contributed by atoms with Crippen LogP contribution >= 0.6 is 8.38 Å². The van der Waals surface area contributed by atoms with Crippen LogP contribution in [0.25, 0.3) is 0 Å². The summed E-state index contributed by atoms with van der Waals surface area (Å²) in [6.45, 7) is 7.50. The van der Waals surface area contributed by atoms with Crippen LogP contribution in [0.3, 0.4) is 0 Å². The zero-order chi connectivity index (χ0) is 12.7. The number of methoxy groups -OCH3 is 1. The Morgan fingerprint density at radius 1 is 1.06 bits per heavy atom. The summed E-state index contributed by atoms with van der Waals surface area (Å²) >= 11 is 0. The Balaban J connectivity index is 2.73. The van der Waals surface area contributed by atoms with Gasteiger partial charge in [-0.05, 0) is 38.5 Å². The topological polar surface area (TPSA) is 27.7 Å². The standard InChI is InChI=1S/C13H21O3P/c1-5-15-17(16-6-2)11(3)12-7-9-13(14-4)10-8-12/h7-11H,5-6H2,1-4H3. The normalized spacial score (nSPS) is 12.8. The molecule has 0 fully saturated rings. The molecule has 4 heteroatoms. The van der Waals surface area contributed by atoms with Gasteiger partial charge in [0.05, 0.1) is 26.0 Å². The molecule has 0 amide bonds. The molecule has 0 aliphatic rings. The van der Waals surface area contributed by atoms with E-state index >= 15 is 0 Å². The van der Waals surface area contributed by atoms with Crippen LogP contribution < -0.4 is 4.74 Å². The van der Waals surface area contributed by atoms with Crippen molar-refractivity contribution in [1.82, 2.24) is 0 Å². The van der Waals surface area contributed by atoms with Crippen LogP contribution in [0.15, 0.2) is 24.3 Å². The molecule has 0 heterocycles. The van der Waals surface area contributed by atoms with Gasteiger partial charge in [-0.3, -0.25) is 0 Å². The van der Waals surface area contributed by atoms with E-state index in [-0.39, 0.29) is 5.66 Å². The number of hydrogen-bond donors (Lipinski definition) is 0. The number of benzene rings is 1. The predicted molar refractivity (Wildman–Crippen MR) is 71.6 cm³/mol. The van der Waals surface area contributed by atoms with Gasteiger partial charge in [-0.2, -0.15) is 0 Å². The van der Waals surface area contributed by atoms with Crippen LogP contribution in [-0.2, 0) is 9.05 Å². The Morgan fingerprint density at radius 2 is 1.59 bits per heavy atom. The fraction of sp³-hybridized carbons (Fsp3) is 0.538. The van der Waals surface area contributed by atoms with E-state index in [0.717, 1.165) is 5.75 Å². The molecule has 0 N–H and O–H groups in total. The quantitative estimate of drug-likeness (QED) is 0.686. The molecule has 1 aromatic carbocycles. The van der Waals surface area contributed by atoms with E-state index in [9.17, 15) is 0 Å². The molecule has 17 heavy (non-hydrogen) atoms. The molecule has 1 aromatic rings. The number of ether oxygens (including phenoxy) is 1. The minimum absolute atomic E-state index is 0.274. The smallest absolute Gasteiger partial charge is 0.178 e. The van der Waals surface area contributed by atoms with Crippen molar-refractivity contribution in [3.63, 3.8) is 0 Å². The summed E-state index contributed by atoms with van der Waals surface area (Å²) < 4.78 is 16.5. The molecule has 0 bridgehead atoms. The van der Waals surface area contributed by atoms with Gasteiger partial charge in [-0.25, -0.2) is 0 Å². The Morgan fingerprint density at radius 3 is 2.00 bits per heavy atom. The van der Waals surface area contributed by atoms with E-state index in [2.05, 4.69) is 19.1 Å². The van der Waals surface area contributed by atoms with Gasteiger partial charge < -0.3 is 13.8 Å². The second-order valence-electron chi connectivity index (χ2n) is 3.57. The maximum atomic E-state index is 5.67. The van der Waals surface area contributed by atoms with Gasteiger partial charge >= 0.3 is 0 Å². The van der Waals surface area contributed by atoms with E-state index in [0.29, 0.717) is 13.2 Å². The summed E-state index contributed by atoms with van der Waals surface area (Å²) in [5, 5.41) is 0. The molecule has 3 nitrogen and oxygen atoms in total. The molecule has 0 spiro atoms. The average Bonchev–Trinajstić information content (AvgIpc) is 2.38. The average molecular weight is 256 g/mol. The predicted octanol–water partition coefficient (Wildman–Crippen LogP) is 4.14. The Hall–Kier alpha value is -0.630.